The van der Waals surface area contributed by atoms with E-state index in [2.05, 4.69) is 5.16 Å². The fourth-order valence-corrected chi connectivity index (χ4v) is 4.15. The highest BCUT2D eigenvalue weighted by Crippen LogP contribution is 2.26. The topological polar surface area (TPSA) is 276 Å². The monoisotopic (exact) mass is 834 g/mol. The molecule has 2 aromatic carbocycles. The quantitative estimate of drug-likeness (QED) is 0.0578. The van der Waals surface area contributed by atoms with Gasteiger partial charge in [-0.05, 0) is 95.2 Å². The van der Waals surface area contributed by atoms with Crippen LogP contribution in [0.5, 0.6) is 11.5 Å². The average Bonchev–Trinajstić information content (AvgIpc) is 3.05. The molecule has 0 saturated carbocycles. The summed E-state index contributed by atoms with van der Waals surface area (Å²) in [4.78, 5) is 61.1. The van der Waals surface area contributed by atoms with Crippen molar-refractivity contribution < 1.29 is 62.7 Å². The lowest BCUT2D eigenvalue weighted by atomic mass is 10.1. The summed E-state index contributed by atoms with van der Waals surface area (Å²) >= 11 is 0. The van der Waals surface area contributed by atoms with Crippen LogP contribution in [0, 0.1) is 5.41 Å². The van der Waals surface area contributed by atoms with Crippen LogP contribution in [0.4, 0.5) is 19.2 Å². The van der Waals surface area contributed by atoms with Crippen molar-refractivity contribution >= 4 is 42.0 Å². The van der Waals surface area contributed by atoms with E-state index in [9.17, 15) is 19.2 Å². The molecule has 7 N–H and O–H groups in total. The van der Waals surface area contributed by atoms with Crippen LogP contribution in [0.1, 0.15) is 112 Å². The number of rotatable bonds is 8. The van der Waals surface area contributed by atoms with Crippen LogP contribution in [0.25, 0.3) is 0 Å². The molecule has 0 fully saturated rings. The third-order valence-electron chi connectivity index (χ3n) is 6.40. The first kappa shape index (κ1) is 52.7. The number of amidine groups is 2. The molecule has 19 heteroatoms. The zero-order valence-electron chi connectivity index (χ0n) is 36.8. The second-order valence-corrected chi connectivity index (χ2v) is 16.6. The van der Waals surface area contributed by atoms with E-state index in [4.69, 9.17) is 60.4 Å². The molecule has 19 nitrogen and oxygen atoms in total. The molecule has 0 heterocycles. The van der Waals surface area contributed by atoms with Crippen molar-refractivity contribution in [1.29, 1.82) is 5.41 Å². The van der Waals surface area contributed by atoms with Crippen LogP contribution in [-0.2, 0) is 36.8 Å². The second kappa shape index (κ2) is 22.0. The summed E-state index contributed by atoms with van der Waals surface area (Å²) in [5.74, 6) is -0.307. The minimum absolute atomic E-state index is 0.0963. The number of carbonyl (C=O) groups is 5. The second-order valence-electron chi connectivity index (χ2n) is 16.6. The Labute approximate surface area is 346 Å². The van der Waals surface area contributed by atoms with Gasteiger partial charge in [-0.2, -0.15) is 0 Å². The number of aliphatic carboxylic acids is 1. The molecule has 0 aliphatic heterocycles. The van der Waals surface area contributed by atoms with Gasteiger partial charge in [-0.1, -0.05) is 29.4 Å². The van der Waals surface area contributed by atoms with Gasteiger partial charge in [0.2, 0.25) is 0 Å². The molecule has 0 atom stereocenters. The number of oxime groups is 1. The smallest absolute Gasteiger partial charge is 0.420 e. The number of nitrogens with one attached hydrogen (secondary N) is 1. The largest absolute Gasteiger partial charge is 0.496 e. The van der Waals surface area contributed by atoms with E-state index in [0.29, 0.717) is 33.8 Å². The van der Waals surface area contributed by atoms with Gasteiger partial charge in [0.15, 0.2) is 5.84 Å². The Hall–Kier alpha value is -6.27. The van der Waals surface area contributed by atoms with Gasteiger partial charge in [0.1, 0.15) is 39.7 Å². The van der Waals surface area contributed by atoms with Gasteiger partial charge in [0.25, 0.3) is 5.97 Å². The zero-order valence-corrected chi connectivity index (χ0v) is 36.8. The van der Waals surface area contributed by atoms with Gasteiger partial charge in [0, 0.05) is 29.2 Å². The van der Waals surface area contributed by atoms with Crippen LogP contribution in [0.15, 0.2) is 41.6 Å². The number of hydrogen-bond donors (Lipinski definition) is 5. The maximum absolute atomic E-state index is 12.6. The number of nitrogen functional groups attached to an aromatic ring is 1. The summed E-state index contributed by atoms with van der Waals surface area (Å²) in [7, 11) is 2.88. The number of ether oxygens (including phenoxy) is 6. The number of hydrogen-bond acceptors (Lipinski definition) is 14. The van der Waals surface area contributed by atoms with E-state index < -0.39 is 52.7 Å². The molecule has 2 rings (SSSR count). The van der Waals surface area contributed by atoms with Crippen LogP contribution in [0.2, 0.25) is 0 Å². The van der Waals surface area contributed by atoms with Crippen LogP contribution < -0.4 is 20.9 Å². The van der Waals surface area contributed by atoms with Gasteiger partial charge in [-0.3, -0.25) is 10.2 Å². The molecule has 59 heavy (non-hydrogen) atoms. The number of imide groups is 2. The summed E-state index contributed by atoms with van der Waals surface area (Å²) in [6.45, 7) is 21.3. The molecule has 0 spiro atoms. The molecule has 0 saturated heterocycles. The average molecular weight is 835 g/mol. The molecule has 4 amide bonds. The standard InChI is InChI=1S/C19H29N3O6.C19H29N3O5.C2H4O2/c1-18(2,3)27-16(23)22(17(24)28-19(4,5)6)11-13-9-8-12(15(20)21-25)10-14(13)26-7;1-18(2,3)26-16(23)22(17(24)27-19(4,5)6)11-13-9-8-12(15(20)21)10-14(13)25-7;1-2(3)4/h8-10,25H,11H2,1-7H3,(H2,20,21);8-10H,11H2,1-7H3,(H3,20,21);1H3,(H,3,4). The molecular formula is C40H62N6O13. The minimum atomic E-state index is -0.843. The number of benzene rings is 2. The third kappa shape index (κ3) is 21.2. The third-order valence-corrected chi connectivity index (χ3v) is 6.40. The highest BCUT2D eigenvalue weighted by atomic mass is 16.6. The van der Waals surface area contributed by atoms with Gasteiger partial charge in [0.05, 0.1) is 27.3 Å². The van der Waals surface area contributed by atoms with Crippen molar-refractivity contribution in [2.75, 3.05) is 14.2 Å². The molecular weight excluding hydrogens is 772 g/mol. The molecule has 2 aromatic rings. The van der Waals surface area contributed by atoms with Gasteiger partial charge in [-0.25, -0.2) is 29.0 Å². The van der Waals surface area contributed by atoms with Gasteiger partial charge >= 0.3 is 24.4 Å². The normalized spacial score (nSPS) is 11.5. The Morgan fingerprint density at radius 2 is 0.881 bits per heavy atom. The predicted molar refractivity (Wildman–Crippen MR) is 219 cm³/mol. The van der Waals surface area contributed by atoms with Crippen molar-refractivity contribution in [3.05, 3.63) is 58.7 Å². The lowest BCUT2D eigenvalue weighted by Gasteiger charge is -2.29. The van der Waals surface area contributed by atoms with Crippen LogP contribution in [0.3, 0.4) is 0 Å². The minimum Gasteiger partial charge on any atom is -0.496 e. The highest BCUT2D eigenvalue weighted by Gasteiger charge is 2.33. The zero-order chi connectivity index (χ0) is 46.3. The molecule has 0 bridgehead atoms. The Bertz CT molecular complexity index is 1760. The highest BCUT2D eigenvalue weighted by molar-refractivity contribution is 5.97. The fourth-order valence-electron chi connectivity index (χ4n) is 4.15. The number of methoxy groups -OCH3 is 2. The van der Waals surface area contributed by atoms with Crippen molar-refractivity contribution in [1.82, 2.24) is 9.80 Å². The predicted octanol–water partition coefficient (Wildman–Crippen LogP) is 7.20. The molecule has 0 aromatic heterocycles. The summed E-state index contributed by atoms with van der Waals surface area (Å²) < 4.78 is 32.0. The van der Waals surface area contributed by atoms with Crippen molar-refractivity contribution in [3.8, 4) is 11.5 Å². The van der Waals surface area contributed by atoms with E-state index in [0.717, 1.165) is 16.7 Å². The summed E-state index contributed by atoms with van der Waals surface area (Å²) in [5.41, 5.74) is 9.88. The van der Waals surface area contributed by atoms with E-state index in [1.807, 2.05) is 0 Å². The molecule has 330 valence electrons. The van der Waals surface area contributed by atoms with Crippen molar-refractivity contribution in [2.24, 2.45) is 16.6 Å². The summed E-state index contributed by atoms with van der Waals surface area (Å²) in [6, 6.07) is 9.54. The van der Waals surface area contributed by atoms with E-state index >= 15 is 0 Å². The Kier molecular flexibility index (Phi) is 19.7. The summed E-state index contributed by atoms with van der Waals surface area (Å²) in [5, 5.41) is 26.7. The van der Waals surface area contributed by atoms with Crippen molar-refractivity contribution in [3.63, 3.8) is 0 Å². The van der Waals surface area contributed by atoms with Gasteiger partial charge < -0.3 is 50.2 Å². The Morgan fingerprint density at radius 3 is 1.12 bits per heavy atom. The number of nitrogens with zero attached hydrogens (tertiary/aromatic N) is 3. The first-order valence-electron chi connectivity index (χ1n) is 18.1. The first-order chi connectivity index (χ1) is 26.7. The lowest BCUT2D eigenvalue weighted by Crippen LogP contribution is -2.43. The van der Waals surface area contributed by atoms with Gasteiger partial charge in [-0.15, -0.1) is 0 Å². The fraction of sp³-hybridized carbons (Fsp3) is 0.525. The lowest BCUT2D eigenvalue weighted by molar-refractivity contribution is -0.134. The maximum atomic E-state index is 12.6. The molecule has 0 aliphatic carbocycles. The number of carboxylic acid groups (broad SMARTS) is 1. The van der Waals surface area contributed by atoms with Crippen LogP contribution >= 0.6 is 0 Å². The number of amides is 4. The number of carboxylic acids is 1. The van der Waals surface area contributed by atoms with E-state index in [-0.39, 0.29) is 24.8 Å². The van der Waals surface area contributed by atoms with Crippen LogP contribution in [-0.4, -0.2) is 98.8 Å². The van der Waals surface area contributed by atoms with E-state index in [1.165, 1.54) is 20.3 Å². The SMILES string of the molecule is CC(=O)O.COc1cc(/C(N)=N\O)ccc1CN(C(=O)OC(C)(C)C)C(=O)OC(C)(C)C.COc1cc(C(=N)N)ccc1CN(C(=O)OC(C)(C)C)C(=O)OC(C)(C)C. The summed E-state index contributed by atoms with van der Waals surface area (Å²) in [6.07, 6.45) is -3.34. The maximum Gasteiger partial charge on any atom is 0.420 e. The number of carbonyl (C=O) groups excluding carboxylic acids is 4. The first-order valence-corrected chi connectivity index (χ1v) is 18.1. The van der Waals surface area contributed by atoms with E-state index in [1.54, 1.807) is 113 Å². The molecule has 0 aliphatic rings. The Balaban J connectivity index is 0.00000104. The number of nitrogens with two attached hydrogens (primary N) is 2. The Morgan fingerprint density at radius 1 is 0.610 bits per heavy atom. The molecule has 0 radical (unpaired) electrons. The van der Waals surface area contributed by atoms with Crippen molar-refractivity contribution in [2.45, 2.75) is 126 Å². The molecule has 0 unspecified atom stereocenters.